The van der Waals surface area contributed by atoms with Crippen molar-refractivity contribution in [2.45, 2.75) is 25.4 Å². The van der Waals surface area contributed by atoms with Crippen LogP contribution in [0.3, 0.4) is 0 Å². The molecule has 0 aromatic carbocycles. The average molecular weight is 169 g/mol. The smallest absolute Gasteiger partial charge is 0.0375 e. The molecule has 2 atom stereocenters. The van der Waals surface area contributed by atoms with Crippen LogP contribution in [0.1, 0.15) is 13.3 Å². The molecule has 0 aromatic heterocycles. The summed E-state index contributed by atoms with van der Waals surface area (Å²) >= 11 is 0. The van der Waals surface area contributed by atoms with E-state index in [4.69, 9.17) is 5.73 Å². The van der Waals surface area contributed by atoms with Crippen molar-refractivity contribution in [2.24, 2.45) is 5.73 Å². The Morgan fingerprint density at radius 2 is 2.00 bits per heavy atom. The molecule has 1 unspecified atom stereocenters. The lowest BCUT2D eigenvalue weighted by molar-refractivity contribution is 0.00206. The second kappa shape index (κ2) is 3.32. The van der Waals surface area contributed by atoms with Gasteiger partial charge in [-0.2, -0.15) is 0 Å². The largest absolute Gasteiger partial charge is 0.326 e. The minimum absolute atomic E-state index is 0.382. The molecule has 3 aliphatic rings. The van der Waals surface area contributed by atoms with E-state index in [1.807, 2.05) is 0 Å². The second-order valence-corrected chi connectivity index (χ2v) is 3.98. The zero-order chi connectivity index (χ0) is 8.55. The van der Waals surface area contributed by atoms with Crippen LogP contribution < -0.4 is 5.73 Å². The monoisotopic (exact) mass is 169 g/mol. The molecule has 3 aliphatic heterocycles. The Kier molecular flexibility index (Phi) is 2.35. The molecule has 3 heteroatoms. The molecular weight excluding hydrogens is 150 g/mol. The molecule has 3 heterocycles. The van der Waals surface area contributed by atoms with E-state index in [1.165, 1.54) is 32.7 Å². The molecule has 0 saturated carbocycles. The molecule has 0 aliphatic carbocycles. The van der Waals surface area contributed by atoms with E-state index in [9.17, 15) is 0 Å². The van der Waals surface area contributed by atoms with Gasteiger partial charge < -0.3 is 5.73 Å². The maximum atomic E-state index is 6.07. The van der Waals surface area contributed by atoms with E-state index in [-0.39, 0.29) is 0 Å². The van der Waals surface area contributed by atoms with Gasteiger partial charge in [-0.25, -0.2) is 0 Å². The quantitative estimate of drug-likeness (QED) is 0.617. The summed E-state index contributed by atoms with van der Waals surface area (Å²) in [7, 11) is 0. The molecule has 3 fully saturated rings. The number of hydrogen-bond acceptors (Lipinski definition) is 3. The lowest BCUT2D eigenvalue weighted by atomic mass is 9.99. The van der Waals surface area contributed by atoms with Crippen molar-refractivity contribution in [2.75, 3.05) is 32.7 Å². The zero-order valence-corrected chi connectivity index (χ0v) is 7.87. The summed E-state index contributed by atoms with van der Waals surface area (Å²) in [6.07, 6.45) is 1.11. The van der Waals surface area contributed by atoms with E-state index in [0.717, 1.165) is 6.42 Å². The number of nitrogens with zero attached hydrogens (tertiary/aromatic N) is 2. The Morgan fingerprint density at radius 3 is 2.42 bits per heavy atom. The van der Waals surface area contributed by atoms with Crippen molar-refractivity contribution in [1.29, 1.82) is 0 Å². The van der Waals surface area contributed by atoms with Gasteiger partial charge in [-0.3, -0.25) is 9.80 Å². The van der Waals surface area contributed by atoms with Crippen LogP contribution in [0.5, 0.6) is 0 Å². The maximum Gasteiger partial charge on any atom is 0.0375 e. The van der Waals surface area contributed by atoms with Gasteiger partial charge in [0.2, 0.25) is 0 Å². The summed E-state index contributed by atoms with van der Waals surface area (Å²) in [4.78, 5) is 5.11. The minimum Gasteiger partial charge on any atom is -0.326 e. The van der Waals surface area contributed by atoms with E-state index in [1.54, 1.807) is 0 Å². The number of piperazine rings is 3. The van der Waals surface area contributed by atoms with Crippen molar-refractivity contribution in [3.8, 4) is 0 Å². The first kappa shape index (κ1) is 8.48. The first-order valence-electron chi connectivity index (χ1n) is 5.03. The van der Waals surface area contributed by atoms with Crippen LogP contribution in [-0.4, -0.2) is 54.6 Å². The summed E-state index contributed by atoms with van der Waals surface area (Å²) < 4.78 is 0. The Labute approximate surface area is 74.5 Å². The summed E-state index contributed by atoms with van der Waals surface area (Å²) in [6, 6.07) is 1.02. The standard InChI is InChI=1S/C9H19N3/c1-2-8(10)9-7-11-3-5-12(9)6-4-11/h8-9H,2-7,10H2,1H3/t8-,9?/m1/s1. The fourth-order valence-corrected chi connectivity index (χ4v) is 2.34. The van der Waals surface area contributed by atoms with Crippen LogP contribution in [0.4, 0.5) is 0 Å². The van der Waals surface area contributed by atoms with Gasteiger partial charge in [-0.15, -0.1) is 0 Å². The third kappa shape index (κ3) is 1.37. The van der Waals surface area contributed by atoms with Crippen molar-refractivity contribution in [1.82, 2.24) is 9.80 Å². The highest BCUT2D eigenvalue weighted by atomic mass is 15.3. The number of nitrogens with two attached hydrogens (primary N) is 1. The van der Waals surface area contributed by atoms with E-state index in [2.05, 4.69) is 16.7 Å². The Hall–Kier alpha value is -0.120. The van der Waals surface area contributed by atoms with Crippen molar-refractivity contribution < 1.29 is 0 Å². The normalized spacial score (nSPS) is 43.0. The van der Waals surface area contributed by atoms with E-state index < -0.39 is 0 Å². The van der Waals surface area contributed by atoms with Gasteiger partial charge in [-0.05, 0) is 6.42 Å². The fourth-order valence-electron chi connectivity index (χ4n) is 2.34. The lowest BCUT2D eigenvalue weighted by Gasteiger charge is -2.49. The highest BCUT2D eigenvalue weighted by molar-refractivity contribution is 4.92. The third-order valence-electron chi connectivity index (χ3n) is 3.29. The predicted octanol–water partition coefficient (Wildman–Crippen LogP) is -0.276. The van der Waals surface area contributed by atoms with Gasteiger partial charge >= 0.3 is 0 Å². The Balaban J connectivity index is 1.99. The van der Waals surface area contributed by atoms with Crippen LogP contribution in [0.25, 0.3) is 0 Å². The molecule has 2 N–H and O–H groups in total. The molecule has 3 nitrogen and oxygen atoms in total. The van der Waals surface area contributed by atoms with Crippen molar-refractivity contribution in [3.05, 3.63) is 0 Å². The number of hydrogen-bond donors (Lipinski definition) is 1. The third-order valence-corrected chi connectivity index (χ3v) is 3.29. The average Bonchev–Trinajstić information content (AvgIpc) is 2.18. The van der Waals surface area contributed by atoms with E-state index >= 15 is 0 Å². The van der Waals surface area contributed by atoms with Crippen LogP contribution in [0.2, 0.25) is 0 Å². The maximum absolute atomic E-state index is 6.07. The molecular formula is C9H19N3. The van der Waals surface area contributed by atoms with Gasteiger partial charge in [0.25, 0.3) is 0 Å². The molecule has 0 amide bonds. The molecule has 3 rings (SSSR count). The lowest BCUT2D eigenvalue weighted by Crippen LogP contribution is -2.65. The van der Waals surface area contributed by atoms with Crippen molar-refractivity contribution >= 4 is 0 Å². The predicted molar refractivity (Wildman–Crippen MR) is 50.1 cm³/mol. The highest BCUT2D eigenvalue weighted by Crippen LogP contribution is 2.18. The molecule has 0 radical (unpaired) electrons. The summed E-state index contributed by atoms with van der Waals surface area (Å²) in [5, 5.41) is 0. The SMILES string of the molecule is CC[C@@H](N)C1CN2CCN1CC2. The molecule has 12 heavy (non-hydrogen) atoms. The van der Waals surface area contributed by atoms with Gasteiger partial charge in [0.15, 0.2) is 0 Å². The number of rotatable bonds is 2. The molecule has 0 spiro atoms. The Morgan fingerprint density at radius 1 is 1.33 bits per heavy atom. The Bertz CT molecular complexity index is 152. The van der Waals surface area contributed by atoms with Crippen LogP contribution >= 0.6 is 0 Å². The second-order valence-electron chi connectivity index (χ2n) is 3.98. The highest BCUT2D eigenvalue weighted by Gasteiger charge is 2.34. The van der Waals surface area contributed by atoms with Gasteiger partial charge in [-0.1, -0.05) is 6.92 Å². The first-order chi connectivity index (χ1) is 5.81. The van der Waals surface area contributed by atoms with Crippen LogP contribution in [0.15, 0.2) is 0 Å². The fraction of sp³-hybridized carbons (Fsp3) is 1.00. The van der Waals surface area contributed by atoms with Crippen molar-refractivity contribution in [3.63, 3.8) is 0 Å². The minimum atomic E-state index is 0.382. The molecule has 3 saturated heterocycles. The molecule has 70 valence electrons. The molecule has 0 aromatic rings. The van der Waals surface area contributed by atoms with Crippen LogP contribution in [-0.2, 0) is 0 Å². The summed E-state index contributed by atoms with van der Waals surface area (Å²) in [5.41, 5.74) is 6.07. The summed E-state index contributed by atoms with van der Waals surface area (Å²) in [6.45, 7) is 8.37. The summed E-state index contributed by atoms with van der Waals surface area (Å²) in [5.74, 6) is 0. The van der Waals surface area contributed by atoms with Gasteiger partial charge in [0, 0.05) is 44.8 Å². The van der Waals surface area contributed by atoms with Gasteiger partial charge in [0.05, 0.1) is 0 Å². The van der Waals surface area contributed by atoms with E-state index in [0.29, 0.717) is 12.1 Å². The first-order valence-corrected chi connectivity index (χ1v) is 5.03. The number of fused-ring (bicyclic) bond motifs is 3. The topological polar surface area (TPSA) is 32.5 Å². The van der Waals surface area contributed by atoms with Gasteiger partial charge in [0.1, 0.15) is 0 Å². The zero-order valence-electron chi connectivity index (χ0n) is 7.87. The molecule has 2 bridgehead atoms. The van der Waals surface area contributed by atoms with Crippen LogP contribution in [0, 0.1) is 0 Å².